The van der Waals surface area contributed by atoms with E-state index in [0.29, 0.717) is 5.41 Å². The SMILES string of the molecule is CCC(C)(C)CC.OCl. The van der Waals surface area contributed by atoms with Gasteiger partial charge in [0.1, 0.15) is 0 Å². The third-order valence-corrected chi connectivity index (χ3v) is 1.91. The Bertz CT molecular complexity index is 46.9. The lowest BCUT2D eigenvalue weighted by molar-refractivity contribution is 0.338. The maximum Gasteiger partial charge on any atom is 0.0579 e. The zero-order chi connectivity index (χ0) is 7.91. The molecule has 0 rings (SSSR count). The predicted octanol–water partition coefficient (Wildman–Crippen LogP) is 2.97. The molecule has 0 heterocycles. The first-order valence-corrected chi connectivity index (χ1v) is 3.63. The van der Waals surface area contributed by atoms with Crippen LogP contribution in [0, 0.1) is 5.41 Å². The smallest absolute Gasteiger partial charge is 0.0579 e. The van der Waals surface area contributed by atoms with Gasteiger partial charge in [-0.3, -0.25) is 4.66 Å². The van der Waals surface area contributed by atoms with Crippen LogP contribution in [0.5, 0.6) is 0 Å². The van der Waals surface area contributed by atoms with E-state index >= 15 is 0 Å². The molecule has 0 aliphatic carbocycles. The summed E-state index contributed by atoms with van der Waals surface area (Å²) < 4.78 is 6.47. The van der Waals surface area contributed by atoms with Crippen molar-refractivity contribution in [1.29, 1.82) is 0 Å². The Kier molecular flexibility index (Phi) is 8.48. The molecule has 0 atom stereocenters. The molecule has 0 aromatic carbocycles. The van der Waals surface area contributed by atoms with Crippen LogP contribution in [0.25, 0.3) is 0 Å². The van der Waals surface area contributed by atoms with E-state index in [1.54, 1.807) is 0 Å². The molecule has 0 spiro atoms. The van der Waals surface area contributed by atoms with Crippen LogP contribution in [0.1, 0.15) is 40.5 Å². The number of rotatable bonds is 2. The van der Waals surface area contributed by atoms with Gasteiger partial charge < -0.3 is 0 Å². The van der Waals surface area contributed by atoms with Crippen molar-refractivity contribution in [2.75, 3.05) is 0 Å². The van der Waals surface area contributed by atoms with Crippen LogP contribution < -0.4 is 0 Å². The van der Waals surface area contributed by atoms with Gasteiger partial charge in [-0.15, -0.1) is 0 Å². The summed E-state index contributed by atoms with van der Waals surface area (Å²) in [7, 11) is 0. The Labute approximate surface area is 63.2 Å². The van der Waals surface area contributed by atoms with Crippen LogP contribution in [0.15, 0.2) is 0 Å². The van der Waals surface area contributed by atoms with Gasteiger partial charge in [-0.05, 0) is 5.41 Å². The average molecular weight is 153 g/mol. The first kappa shape index (κ1) is 12.0. The topological polar surface area (TPSA) is 20.2 Å². The molecule has 0 radical (unpaired) electrons. The Morgan fingerprint density at radius 1 is 1.11 bits per heavy atom. The van der Waals surface area contributed by atoms with E-state index in [9.17, 15) is 0 Å². The zero-order valence-electron chi connectivity index (χ0n) is 6.74. The van der Waals surface area contributed by atoms with E-state index in [1.165, 1.54) is 12.8 Å². The van der Waals surface area contributed by atoms with Gasteiger partial charge >= 0.3 is 0 Å². The fraction of sp³-hybridized carbons (Fsp3) is 1.00. The number of hydrogen-bond donors (Lipinski definition) is 1. The molecule has 0 aromatic rings. The summed E-state index contributed by atoms with van der Waals surface area (Å²) in [5.74, 6) is 0. The Hall–Kier alpha value is 0.250. The monoisotopic (exact) mass is 152 g/mol. The summed E-state index contributed by atoms with van der Waals surface area (Å²) in [4.78, 5) is 0. The molecule has 2 heteroatoms. The largest absolute Gasteiger partial charge is 0.295 e. The van der Waals surface area contributed by atoms with Crippen LogP contribution in [-0.2, 0) is 0 Å². The molecule has 0 saturated heterocycles. The molecule has 0 fully saturated rings. The van der Waals surface area contributed by atoms with Crippen molar-refractivity contribution in [3.63, 3.8) is 0 Å². The van der Waals surface area contributed by atoms with Crippen molar-refractivity contribution in [2.45, 2.75) is 40.5 Å². The molecule has 0 aromatic heterocycles. The minimum atomic E-state index is 0.583. The van der Waals surface area contributed by atoms with Crippen molar-refractivity contribution >= 4 is 11.9 Å². The quantitative estimate of drug-likeness (QED) is 0.645. The van der Waals surface area contributed by atoms with Crippen molar-refractivity contribution in [3.05, 3.63) is 0 Å². The Balaban J connectivity index is 0. The van der Waals surface area contributed by atoms with Crippen molar-refractivity contribution in [2.24, 2.45) is 5.41 Å². The fourth-order valence-corrected chi connectivity index (χ4v) is 0.250. The lowest BCUT2D eigenvalue weighted by atomic mass is 9.88. The van der Waals surface area contributed by atoms with Crippen LogP contribution in [0.2, 0.25) is 0 Å². The van der Waals surface area contributed by atoms with E-state index in [0.717, 1.165) is 0 Å². The molecule has 0 amide bonds. The molecule has 0 unspecified atom stereocenters. The summed E-state index contributed by atoms with van der Waals surface area (Å²) in [5.41, 5.74) is 0.583. The molecule has 1 nitrogen and oxygen atoms in total. The van der Waals surface area contributed by atoms with Gasteiger partial charge in [0.15, 0.2) is 0 Å². The highest BCUT2D eigenvalue weighted by molar-refractivity contribution is 6.04. The molecule has 0 bridgehead atoms. The van der Waals surface area contributed by atoms with Crippen molar-refractivity contribution in [1.82, 2.24) is 0 Å². The van der Waals surface area contributed by atoms with Gasteiger partial charge in [-0.1, -0.05) is 40.5 Å². The third-order valence-electron chi connectivity index (χ3n) is 1.91. The maximum atomic E-state index is 6.47. The lowest BCUT2D eigenvalue weighted by Crippen LogP contribution is -2.05. The number of halogens is 1. The van der Waals surface area contributed by atoms with Gasteiger partial charge in [0, 0.05) is 0 Å². The second kappa shape index (κ2) is 6.37. The first-order chi connectivity index (χ1) is 4.12. The minimum Gasteiger partial charge on any atom is -0.295 e. The van der Waals surface area contributed by atoms with Crippen LogP contribution >= 0.6 is 11.9 Å². The molecule has 1 N–H and O–H groups in total. The van der Waals surface area contributed by atoms with Gasteiger partial charge in [0.05, 0.1) is 11.9 Å². The average Bonchev–Trinajstić information content (AvgIpc) is 1.93. The summed E-state index contributed by atoms with van der Waals surface area (Å²) in [6.07, 6.45) is 2.59. The Morgan fingerprint density at radius 2 is 1.33 bits per heavy atom. The predicted molar refractivity (Wildman–Crippen MR) is 42.4 cm³/mol. The minimum absolute atomic E-state index is 0.583. The maximum absolute atomic E-state index is 6.47. The van der Waals surface area contributed by atoms with Gasteiger partial charge in [-0.25, -0.2) is 0 Å². The summed E-state index contributed by atoms with van der Waals surface area (Å²) in [6, 6.07) is 0. The molecule has 58 valence electrons. The molecular formula is C7H17ClO. The third kappa shape index (κ3) is 8.25. The summed E-state index contributed by atoms with van der Waals surface area (Å²) >= 11 is 3.64. The zero-order valence-corrected chi connectivity index (χ0v) is 7.50. The van der Waals surface area contributed by atoms with Crippen molar-refractivity contribution in [3.8, 4) is 0 Å². The molecule has 0 aliphatic heterocycles. The summed E-state index contributed by atoms with van der Waals surface area (Å²) in [5, 5.41) is 0. The number of hydrogen-bond acceptors (Lipinski definition) is 1. The van der Waals surface area contributed by atoms with Crippen molar-refractivity contribution < 1.29 is 4.66 Å². The molecular weight excluding hydrogens is 136 g/mol. The van der Waals surface area contributed by atoms with Gasteiger partial charge in [0.2, 0.25) is 0 Å². The van der Waals surface area contributed by atoms with E-state index in [2.05, 4.69) is 39.6 Å². The Morgan fingerprint density at radius 3 is 1.33 bits per heavy atom. The second-order valence-electron chi connectivity index (χ2n) is 2.87. The molecule has 0 saturated carbocycles. The van der Waals surface area contributed by atoms with Crippen LogP contribution in [0.3, 0.4) is 0 Å². The normalized spacial score (nSPS) is 10.0. The van der Waals surface area contributed by atoms with Crippen LogP contribution in [-0.4, -0.2) is 4.66 Å². The molecule has 9 heavy (non-hydrogen) atoms. The van der Waals surface area contributed by atoms with E-state index in [1.807, 2.05) is 0 Å². The van der Waals surface area contributed by atoms with E-state index in [4.69, 9.17) is 4.66 Å². The first-order valence-electron chi connectivity index (χ1n) is 3.29. The van der Waals surface area contributed by atoms with Gasteiger partial charge in [-0.2, -0.15) is 0 Å². The van der Waals surface area contributed by atoms with E-state index in [-0.39, 0.29) is 0 Å². The summed E-state index contributed by atoms with van der Waals surface area (Å²) in [6.45, 7) is 9.08. The second-order valence-corrected chi connectivity index (χ2v) is 2.87. The fourth-order valence-electron chi connectivity index (χ4n) is 0.250. The lowest BCUT2D eigenvalue weighted by Gasteiger charge is -2.18. The van der Waals surface area contributed by atoms with E-state index < -0.39 is 0 Å². The highest BCUT2D eigenvalue weighted by atomic mass is 35.5. The highest BCUT2D eigenvalue weighted by Gasteiger charge is 2.09. The standard InChI is InChI=1S/C7H16.ClHO/c1-5-7(3,4)6-2;1-2/h5-6H2,1-4H3;2H. The highest BCUT2D eigenvalue weighted by Crippen LogP contribution is 2.22. The van der Waals surface area contributed by atoms with Gasteiger partial charge in [0.25, 0.3) is 0 Å². The van der Waals surface area contributed by atoms with Crippen LogP contribution in [0.4, 0.5) is 0 Å². The molecule has 0 aliphatic rings.